The number of halogens is 1. The van der Waals surface area contributed by atoms with Crippen molar-refractivity contribution in [3.8, 4) is 0 Å². The van der Waals surface area contributed by atoms with Crippen molar-refractivity contribution in [2.24, 2.45) is 11.7 Å². The van der Waals surface area contributed by atoms with Gasteiger partial charge in [-0.1, -0.05) is 6.92 Å². The summed E-state index contributed by atoms with van der Waals surface area (Å²) in [5, 5.41) is 0. The predicted octanol–water partition coefficient (Wildman–Crippen LogP) is 0.941. The van der Waals surface area contributed by atoms with Gasteiger partial charge in [0.05, 0.1) is 6.67 Å². The molecule has 0 radical (unpaired) electrons. The molecular formula is C5H12FN. The van der Waals surface area contributed by atoms with E-state index in [1.807, 2.05) is 6.92 Å². The Morgan fingerprint density at radius 1 is 1.71 bits per heavy atom. The van der Waals surface area contributed by atoms with E-state index >= 15 is 0 Å². The van der Waals surface area contributed by atoms with Crippen LogP contribution in [0.2, 0.25) is 0 Å². The van der Waals surface area contributed by atoms with E-state index in [-0.39, 0.29) is 6.67 Å². The van der Waals surface area contributed by atoms with Crippen molar-refractivity contribution in [2.75, 3.05) is 13.2 Å². The number of hydrogen-bond acceptors (Lipinski definition) is 1. The number of rotatable bonds is 3. The Hall–Kier alpha value is -0.110. The Morgan fingerprint density at radius 3 is 2.43 bits per heavy atom. The molecule has 0 spiro atoms. The van der Waals surface area contributed by atoms with E-state index in [0.717, 1.165) is 0 Å². The molecule has 0 aromatic heterocycles. The maximum Gasteiger partial charge on any atom is 0.0897 e. The molecule has 0 aromatic carbocycles. The average Bonchev–Trinajstić information content (AvgIpc) is 1.68. The SMILES string of the molecule is CC(CN)CCF. The van der Waals surface area contributed by atoms with Crippen LogP contribution in [0, 0.1) is 5.92 Å². The van der Waals surface area contributed by atoms with Crippen LogP contribution >= 0.6 is 0 Å². The first-order valence-electron chi connectivity index (χ1n) is 2.57. The van der Waals surface area contributed by atoms with Gasteiger partial charge in [0, 0.05) is 0 Å². The maximum absolute atomic E-state index is 11.4. The zero-order chi connectivity index (χ0) is 5.70. The summed E-state index contributed by atoms with van der Waals surface area (Å²) in [5.74, 6) is 0.352. The highest BCUT2D eigenvalue weighted by Gasteiger charge is 1.94. The third-order valence-electron chi connectivity index (χ3n) is 1.00. The van der Waals surface area contributed by atoms with Crippen molar-refractivity contribution >= 4 is 0 Å². The van der Waals surface area contributed by atoms with Crippen molar-refractivity contribution < 1.29 is 4.39 Å². The van der Waals surface area contributed by atoms with Crippen LogP contribution in [0.1, 0.15) is 13.3 Å². The minimum atomic E-state index is -0.238. The lowest BCUT2D eigenvalue weighted by Gasteiger charge is -2.01. The summed E-state index contributed by atoms with van der Waals surface area (Å²) in [7, 11) is 0. The monoisotopic (exact) mass is 105 g/mol. The molecule has 1 atom stereocenters. The van der Waals surface area contributed by atoms with Crippen molar-refractivity contribution in [3.63, 3.8) is 0 Å². The van der Waals surface area contributed by atoms with Crippen LogP contribution in [-0.4, -0.2) is 13.2 Å². The lowest BCUT2D eigenvalue weighted by molar-refractivity contribution is 0.408. The summed E-state index contributed by atoms with van der Waals surface area (Å²) in [4.78, 5) is 0. The van der Waals surface area contributed by atoms with Crippen molar-refractivity contribution in [2.45, 2.75) is 13.3 Å². The Balaban J connectivity index is 2.83. The topological polar surface area (TPSA) is 26.0 Å². The average molecular weight is 105 g/mol. The molecule has 0 aliphatic rings. The number of nitrogens with two attached hydrogens (primary N) is 1. The van der Waals surface area contributed by atoms with E-state index in [1.54, 1.807) is 0 Å². The van der Waals surface area contributed by atoms with Gasteiger partial charge in [-0.05, 0) is 18.9 Å². The zero-order valence-corrected chi connectivity index (χ0v) is 4.65. The molecule has 0 aliphatic heterocycles. The van der Waals surface area contributed by atoms with Crippen LogP contribution in [0.15, 0.2) is 0 Å². The summed E-state index contributed by atoms with van der Waals surface area (Å²) in [6, 6.07) is 0. The molecule has 0 bridgehead atoms. The van der Waals surface area contributed by atoms with E-state index in [1.165, 1.54) is 0 Å². The van der Waals surface area contributed by atoms with Crippen LogP contribution in [0.4, 0.5) is 4.39 Å². The van der Waals surface area contributed by atoms with Crippen LogP contribution in [0.5, 0.6) is 0 Å². The van der Waals surface area contributed by atoms with Gasteiger partial charge in [-0.3, -0.25) is 4.39 Å². The Bertz CT molecular complexity index is 39.1. The summed E-state index contributed by atoms with van der Waals surface area (Å²) >= 11 is 0. The first kappa shape index (κ1) is 6.89. The molecule has 0 fully saturated rings. The van der Waals surface area contributed by atoms with Gasteiger partial charge in [-0.15, -0.1) is 0 Å². The molecule has 2 N–H and O–H groups in total. The Labute approximate surface area is 43.7 Å². The predicted molar refractivity (Wildman–Crippen MR) is 28.8 cm³/mol. The van der Waals surface area contributed by atoms with Gasteiger partial charge >= 0.3 is 0 Å². The molecular weight excluding hydrogens is 93.1 g/mol. The van der Waals surface area contributed by atoms with Gasteiger partial charge in [0.15, 0.2) is 0 Å². The largest absolute Gasteiger partial charge is 0.330 e. The quantitative estimate of drug-likeness (QED) is 0.568. The lowest BCUT2D eigenvalue weighted by atomic mass is 10.1. The molecule has 0 rings (SSSR count). The molecule has 44 valence electrons. The molecule has 0 saturated heterocycles. The maximum atomic E-state index is 11.4. The summed E-state index contributed by atoms with van der Waals surface area (Å²) in [6.07, 6.45) is 0.608. The number of hydrogen-bond donors (Lipinski definition) is 1. The van der Waals surface area contributed by atoms with Crippen LogP contribution in [-0.2, 0) is 0 Å². The fourth-order valence-corrected chi connectivity index (χ4v) is 0.304. The minimum absolute atomic E-state index is 0.238. The third kappa shape index (κ3) is 3.73. The van der Waals surface area contributed by atoms with E-state index < -0.39 is 0 Å². The minimum Gasteiger partial charge on any atom is -0.330 e. The van der Waals surface area contributed by atoms with E-state index in [9.17, 15) is 4.39 Å². The standard InChI is InChI=1S/C5H12FN/c1-5(4-7)2-3-6/h5H,2-4,7H2,1H3. The van der Waals surface area contributed by atoms with Gasteiger partial charge in [0.1, 0.15) is 0 Å². The molecule has 7 heavy (non-hydrogen) atoms. The van der Waals surface area contributed by atoms with Gasteiger partial charge < -0.3 is 5.73 Å². The van der Waals surface area contributed by atoms with Crippen LogP contribution in [0.3, 0.4) is 0 Å². The second kappa shape index (κ2) is 4.06. The molecule has 0 aromatic rings. The highest BCUT2D eigenvalue weighted by Crippen LogP contribution is 1.96. The van der Waals surface area contributed by atoms with Gasteiger partial charge in [-0.25, -0.2) is 0 Å². The van der Waals surface area contributed by atoms with Crippen LogP contribution < -0.4 is 5.73 Å². The highest BCUT2D eigenvalue weighted by molar-refractivity contribution is 4.49. The second-order valence-electron chi connectivity index (χ2n) is 1.82. The molecule has 0 amide bonds. The van der Waals surface area contributed by atoms with Gasteiger partial charge in [0.25, 0.3) is 0 Å². The molecule has 1 nitrogen and oxygen atoms in total. The van der Waals surface area contributed by atoms with E-state index in [0.29, 0.717) is 18.9 Å². The first-order valence-corrected chi connectivity index (χ1v) is 2.57. The fraction of sp³-hybridized carbons (Fsp3) is 1.00. The first-order chi connectivity index (χ1) is 3.31. The smallest absolute Gasteiger partial charge is 0.0897 e. The molecule has 1 unspecified atom stereocenters. The zero-order valence-electron chi connectivity index (χ0n) is 4.65. The number of alkyl halides is 1. The Morgan fingerprint density at radius 2 is 2.29 bits per heavy atom. The summed E-state index contributed by atoms with van der Waals surface area (Å²) in [6.45, 7) is 2.31. The molecule has 0 aliphatic carbocycles. The van der Waals surface area contributed by atoms with Gasteiger partial charge in [0.2, 0.25) is 0 Å². The molecule has 0 saturated carbocycles. The molecule has 0 heterocycles. The second-order valence-corrected chi connectivity index (χ2v) is 1.82. The molecule has 2 heteroatoms. The third-order valence-corrected chi connectivity index (χ3v) is 1.00. The summed E-state index contributed by atoms with van der Waals surface area (Å²) < 4.78 is 11.4. The highest BCUT2D eigenvalue weighted by atomic mass is 19.1. The summed E-state index contributed by atoms with van der Waals surface area (Å²) in [5.41, 5.74) is 5.19. The van der Waals surface area contributed by atoms with E-state index in [2.05, 4.69) is 0 Å². The van der Waals surface area contributed by atoms with Crippen molar-refractivity contribution in [1.82, 2.24) is 0 Å². The normalized spacial score (nSPS) is 14.1. The van der Waals surface area contributed by atoms with Crippen molar-refractivity contribution in [3.05, 3.63) is 0 Å². The van der Waals surface area contributed by atoms with Gasteiger partial charge in [-0.2, -0.15) is 0 Å². The van der Waals surface area contributed by atoms with Crippen molar-refractivity contribution in [1.29, 1.82) is 0 Å². The Kier molecular flexibility index (Phi) is 4.00. The van der Waals surface area contributed by atoms with Crippen LogP contribution in [0.25, 0.3) is 0 Å². The van der Waals surface area contributed by atoms with E-state index in [4.69, 9.17) is 5.73 Å². The lowest BCUT2D eigenvalue weighted by Crippen LogP contribution is -2.10. The fourth-order valence-electron chi connectivity index (χ4n) is 0.304.